The van der Waals surface area contributed by atoms with Gasteiger partial charge in [-0.15, -0.1) is 5.10 Å². The third kappa shape index (κ3) is 4.39. The first-order chi connectivity index (χ1) is 11.6. The number of nitrogens with two attached hydrogens (primary N) is 1. The topological polar surface area (TPSA) is 115 Å². The quantitative estimate of drug-likeness (QED) is 0.660. The van der Waals surface area contributed by atoms with Gasteiger partial charge < -0.3 is 15.2 Å². The number of methoxy groups -OCH3 is 2. The Balaban J connectivity index is 2.12. The molecule has 130 valence electrons. The van der Waals surface area contributed by atoms with Gasteiger partial charge in [0.15, 0.2) is 5.82 Å². The highest BCUT2D eigenvalue weighted by molar-refractivity contribution is 7.98. The molecule has 8 nitrogen and oxygen atoms in total. The molecule has 4 N–H and O–H groups in total. The summed E-state index contributed by atoms with van der Waals surface area (Å²) in [6.07, 6.45) is 2.56. The van der Waals surface area contributed by atoms with Crippen molar-refractivity contribution in [2.45, 2.75) is 12.5 Å². The number of carbonyl (C=O) groups excluding carboxylic acids is 1. The lowest BCUT2D eigenvalue weighted by molar-refractivity contribution is -0.117. The highest BCUT2D eigenvalue weighted by atomic mass is 32.2. The third-order valence-electron chi connectivity index (χ3n) is 3.35. The van der Waals surface area contributed by atoms with Crippen LogP contribution in [0.2, 0.25) is 0 Å². The number of H-pyrrole nitrogens is 1. The summed E-state index contributed by atoms with van der Waals surface area (Å²) in [6.45, 7) is 0. The number of aromatic amines is 1. The molecule has 0 saturated heterocycles. The number of carbonyl (C=O) groups is 1. The Kier molecular flexibility index (Phi) is 6.44. The van der Waals surface area contributed by atoms with E-state index in [-0.39, 0.29) is 11.9 Å². The molecule has 0 spiro atoms. The van der Waals surface area contributed by atoms with Gasteiger partial charge in [-0.05, 0) is 30.6 Å². The molecular weight excluding hydrogens is 330 g/mol. The number of nitrogens with one attached hydrogen (secondary N) is 2. The fraction of sp³-hybridized carbons (Fsp3) is 0.400. The van der Waals surface area contributed by atoms with Gasteiger partial charge in [0.1, 0.15) is 11.5 Å². The van der Waals surface area contributed by atoms with E-state index in [2.05, 4.69) is 20.5 Å². The Morgan fingerprint density at radius 3 is 2.88 bits per heavy atom. The molecule has 0 fully saturated rings. The molecule has 1 heterocycles. The van der Waals surface area contributed by atoms with E-state index >= 15 is 0 Å². The largest absolute Gasteiger partial charge is 0.497 e. The molecule has 0 radical (unpaired) electrons. The second-order valence-corrected chi connectivity index (χ2v) is 5.94. The average Bonchev–Trinajstić information content (AvgIpc) is 3.07. The van der Waals surface area contributed by atoms with Crippen LogP contribution < -0.4 is 20.5 Å². The van der Waals surface area contributed by atoms with Gasteiger partial charge in [0.2, 0.25) is 11.9 Å². The monoisotopic (exact) mass is 351 g/mol. The Hall–Kier alpha value is -2.26. The van der Waals surface area contributed by atoms with Crippen LogP contribution in [0.3, 0.4) is 0 Å². The number of nitrogens with zero attached hydrogens (tertiary/aromatic N) is 2. The molecule has 2 aromatic rings. The lowest BCUT2D eigenvalue weighted by atomic mass is 10.2. The van der Waals surface area contributed by atoms with Crippen LogP contribution in [-0.2, 0) is 4.79 Å². The molecule has 0 bridgehead atoms. The summed E-state index contributed by atoms with van der Waals surface area (Å²) in [6, 6.07) is 4.74. The molecule has 2 rings (SSSR count). The first-order valence-corrected chi connectivity index (χ1v) is 8.68. The van der Waals surface area contributed by atoms with Crippen LogP contribution in [0.15, 0.2) is 18.2 Å². The summed E-state index contributed by atoms with van der Waals surface area (Å²) in [5, 5.41) is 9.39. The molecule has 0 aliphatic heterocycles. The lowest BCUT2D eigenvalue weighted by Gasteiger charge is -2.09. The summed E-state index contributed by atoms with van der Waals surface area (Å²) in [4.78, 5) is 16.3. The molecule has 1 aromatic heterocycles. The van der Waals surface area contributed by atoms with Crippen molar-refractivity contribution in [2.24, 2.45) is 5.73 Å². The van der Waals surface area contributed by atoms with Crippen LogP contribution in [-0.4, -0.2) is 53.4 Å². The minimum Gasteiger partial charge on any atom is -0.497 e. The SMILES string of the molecule is COc1ccc(-c2nc(NC(=O)C(N)CCSC)n[nH]2)c(OC)c1. The van der Waals surface area contributed by atoms with E-state index in [4.69, 9.17) is 15.2 Å². The number of hydrogen-bond acceptors (Lipinski definition) is 7. The van der Waals surface area contributed by atoms with Crippen LogP contribution >= 0.6 is 11.8 Å². The highest BCUT2D eigenvalue weighted by Crippen LogP contribution is 2.31. The lowest BCUT2D eigenvalue weighted by Crippen LogP contribution is -2.36. The highest BCUT2D eigenvalue weighted by Gasteiger charge is 2.17. The molecule has 1 aromatic carbocycles. The Morgan fingerprint density at radius 2 is 2.21 bits per heavy atom. The second kappa shape index (κ2) is 8.55. The smallest absolute Gasteiger partial charge is 0.249 e. The number of rotatable bonds is 8. The number of ether oxygens (including phenoxy) is 2. The molecule has 0 aliphatic carbocycles. The van der Waals surface area contributed by atoms with E-state index in [1.807, 2.05) is 6.26 Å². The maximum absolute atomic E-state index is 12.0. The van der Waals surface area contributed by atoms with Gasteiger partial charge in [-0.2, -0.15) is 16.7 Å². The van der Waals surface area contributed by atoms with Crippen molar-refractivity contribution in [1.29, 1.82) is 0 Å². The maximum atomic E-state index is 12.0. The van der Waals surface area contributed by atoms with Crippen molar-refractivity contribution in [3.63, 3.8) is 0 Å². The van der Waals surface area contributed by atoms with Gasteiger partial charge in [0.25, 0.3) is 0 Å². The summed E-state index contributed by atoms with van der Waals surface area (Å²) < 4.78 is 10.5. The van der Waals surface area contributed by atoms with Gasteiger partial charge in [0, 0.05) is 6.07 Å². The van der Waals surface area contributed by atoms with Crippen molar-refractivity contribution in [3.8, 4) is 22.9 Å². The van der Waals surface area contributed by atoms with Gasteiger partial charge in [0.05, 0.1) is 25.8 Å². The van der Waals surface area contributed by atoms with E-state index < -0.39 is 6.04 Å². The van der Waals surface area contributed by atoms with Crippen molar-refractivity contribution in [1.82, 2.24) is 15.2 Å². The van der Waals surface area contributed by atoms with Crippen LogP contribution in [0.4, 0.5) is 5.95 Å². The van der Waals surface area contributed by atoms with Crippen molar-refractivity contribution in [3.05, 3.63) is 18.2 Å². The number of aromatic nitrogens is 3. The molecule has 24 heavy (non-hydrogen) atoms. The number of anilines is 1. The zero-order valence-corrected chi connectivity index (χ0v) is 14.6. The van der Waals surface area contributed by atoms with E-state index in [1.54, 1.807) is 44.2 Å². The molecule has 0 saturated carbocycles. The predicted octanol–water partition coefficient (Wildman–Crippen LogP) is 1.51. The van der Waals surface area contributed by atoms with E-state index in [0.717, 1.165) is 5.75 Å². The number of amides is 1. The first kappa shape index (κ1) is 18.1. The normalized spacial score (nSPS) is 11.8. The Labute approximate surface area is 144 Å². The Bertz CT molecular complexity index is 691. The van der Waals surface area contributed by atoms with Crippen LogP contribution in [0.5, 0.6) is 11.5 Å². The molecule has 0 aliphatic rings. The minimum absolute atomic E-state index is 0.174. The fourth-order valence-electron chi connectivity index (χ4n) is 2.01. The van der Waals surface area contributed by atoms with Gasteiger partial charge >= 0.3 is 0 Å². The average molecular weight is 351 g/mol. The first-order valence-electron chi connectivity index (χ1n) is 7.29. The van der Waals surface area contributed by atoms with Crippen LogP contribution in [0.25, 0.3) is 11.4 Å². The van der Waals surface area contributed by atoms with Gasteiger partial charge in [-0.25, -0.2) is 0 Å². The summed E-state index contributed by atoms with van der Waals surface area (Å²) in [5.74, 6) is 2.41. The van der Waals surface area contributed by atoms with E-state index in [1.165, 1.54) is 0 Å². The van der Waals surface area contributed by atoms with Crippen molar-refractivity contribution in [2.75, 3.05) is 31.5 Å². The zero-order valence-electron chi connectivity index (χ0n) is 13.8. The molecule has 1 unspecified atom stereocenters. The van der Waals surface area contributed by atoms with Crippen LogP contribution in [0, 0.1) is 0 Å². The zero-order chi connectivity index (χ0) is 17.5. The van der Waals surface area contributed by atoms with Crippen molar-refractivity contribution >= 4 is 23.6 Å². The molecular formula is C15H21N5O3S. The number of hydrogen-bond donors (Lipinski definition) is 3. The van der Waals surface area contributed by atoms with E-state index in [0.29, 0.717) is 29.3 Å². The second-order valence-electron chi connectivity index (χ2n) is 4.95. The minimum atomic E-state index is -0.588. The summed E-state index contributed by atoms with van der Waals surface area (Å²) >= 11 is 1.64. The maximum Gasteiger partial charge on any atom is 0.249 e. The summed E-state index contributed by atoms with van der Waals surface area (Å²) in [5.41, 5.74) is 6.53. The summed E-state index contributed by atoms with van der Waals surface area (Å²) in [7, 11) is 3.14. The molecule has 1 atom stereocenters. The molecule has 1 amide bonds. The Morgan fingerprint density at radius 1 is 1.42 bits per heavy atom. The number of benzene rings is 1. The van der Waals surface area contributed by atoms with Crippen molar-refractivity contribution < 1.29 is 14.3 Å². The fourth-order valence-corrected chi connectivity index (χ4v) is 2.50. The number of thioether (sulfide) groups is 1. The van der Waals surface area contributed by atoms with E-state index in [9.17, 15) is 4.79 Å². The predicted molar refractivity (Wildman–Crippen MR) is 94.5 cm³/mol. The molecule has 9 heteroatoms. The third-order valence-corrected chi connectivity index (χ3v) is 4.00. The van der Waals surface area contributed by atoms with Crippen LogP contribution in [0.1, 0.15) is 6.42 Å². The standard InChI is InChI=1S/C15H21N5O3S/c1-22-9-4-5-10(12(8-9)23-2)13-17-15(20-19-13)18-14(21)11(16)6-7-24-3/h4-5,8,11H,6-7,16H2,1-3H3,(H2,17,18,19,20,21). The van der Waals surface area contributed by atoms with Gasteiger partial charge in [-0.3, -0.25) is 15.2 Å². The van der Waals surface area contributed by atoms with Gasteiger partial charge in [-0.1, -0.05) is 0 Å².